The molecule has 0 aromatic heterocycles. The van der Waals surface area contributed by atoms with E-state index in [1.807, 2.05) is 0 Å². The minimum atomic E-state index is -1.14. The average molecular weight is 396 g/mol. The Morgan fingerprint density at radius 2 is 1.79 bits per heavy atom. The summed E-state index contributed by atoms with van der Waals surface area (Å²) in [5.74, 6) is -3.56. The Morgan fingerprint density at radius 3 is 2.45 bits per heavy atom. The van der Waals surface area contributed by atoms with Crippen LogP contribution in [-0.2, 0) is 9.53 Å². The van der Waals surface area contributed by atoms with Gasteiger partial charge in [-0.1, -0.05) is 26.0 Å². The zero-order valence-electron chi connectivity index (χ0n) is 16.1. The third-order valence-electron chi connectivity index (χ3n) is 5.94. The fraction of sp³-hybridized carbons (Fsp3) is 0.318. The van der Waals surface area contributed by atoms with E-state index in [1.54, 1.807) is 13.8 Å². The summed E-state index contributed by atoms with van der Waals surface area (Å²) in [7, 11) is 1.25. The van der Waals surface area contributed by atoms with E-state index >= 15 is 0 Å². The van der Waals surface area contributed by atoms with Gasteiger partial charge >= 0.3 is 5.97 Å². The molecule has 0 spiro atoms. The normalized spacial score (nSPS) is 21.8. The van der Waals surface area contributed by atoms with Crippen LogP contribution in [-0.4, -0.2) is 40.0 Å². The number of aromatic hydroxyl groups is 2. The molecule has 2 atom stereocenters. The zero-order valence-corrected chi connectivity index (χ0v) is 16.1. The molecule has 0 unspecified atom stereocenters. The van der Waals surface area contributed by atoms with Gasteiger partial charge in [-0.15, -0.1) is 0 Å². The summed E-state index contributed by atoms with van der Waals surface area (Å²) in [6.07, 6.45) is -0.990. The molecule has 2 aliphatic rings. The van der Waals surface area contributed by atoms with Gasteiger partial charge in [0.25, 0.3) is 0 Å². The molecule has 0 aliphatic heterocycles. The van der Waals surface area contributed by atoms with Crippen molar-refractivity contribution in [3.8, 4) is 11.5 Å². The Morgan fingerprint density at radius 1 is 1.10 bits per heavy atom. The van der Waals surface area contributed by atoms with Gasteiger partial charge in [0.2, 0.25) is 5.78 Å². The standard InChI is InChI=1S/C22H20O7/c1-22(2)8-13(24)15-10(17(22)21(28)29-3)7-11-16(20(15)27)19(26)14-9(18(11)25)5-4-6-12(14)23/h4-7,13,17,23-24,27H,8H2,1-3H3/t13-,17-/m0/s1. The first-order valence-corrected chi connectivity index (χ1v) is 9.17. The van der Waals surface area contributed by atoms with Gasteiger partial charge in [0.05, 0.1) is 30.3 Å². The van der Waals surface area contributed by atoms with Crippen molar-refractivity contribution >= 4 is 17.5 Å². The molecule has 2 aromatic rings. The Balaban J connectivity index is 2.05. The molecule has 0 saturated carbocycles. The molecule has 0 heterocycles. The number of hydrogen-bond donors (Lipinski definition) is 3. The quantitative estimate of drug-likeness (QED) is 0.541. The molecule has 3 N–H and O–H groups in total. The van der Waals surface area contributed by atoms with Gasteiger partial charge in [0.15, 0.2) is 5.78 Å². The molecule has 2 aliphatic carbocycles. The number of methoxy groups -OCH3 is 1. The maximum atomic E-state index is 13.1. The van der Waals surface area contributed by atoms with E-state index in [1.165, 1.54) is 31.4 Å². The molecule has 0 fully saturated rings. The first-order chi connectivity index (χ1) is 13.6. The summed E-state index contributed by atoms with van der Waals surface area (Å²) >= 11 is 0. The topological polar surface area (TPSA) is 121 Å². The number of benzene rings is 2. The molecular weight excluding hydrogens is 376 g/mol. The minimum absolute atomic E-state index is 0.0205. The van der Waals surface area contributed by atoms with Crippen molar-refractivity contribution in [1.82, 2.24) is 0 Å². The van der Waals surface area contributed by atoms with Gasteiger partial charge in [0.1, 0.15) is 11.5 Å². The molecule has 0 saturated heterocycles. The summed E-state index contributed by atoms with van der Waals surface area (Å²) in [5, 5.41) is 31.7. The number of hydrogen-bond acceptors (Lipinski definition) is 7. The highest BCUT2D eigenvalue weighted by Gasteiger charge is 2.48. The highest BCUT2D eigenvalue weighted by atomic mass is 16.5. The van der Waals surface area contributed by atoms with Crippen molar-refractivity contribution in [2.75, 3.05) is 7.11 Å². The molecule has 7 nitrogen and oxygen atoms in total. The lowest BCUT2D eigenvalue weighted by Gasteiger charge is -2.41. The number of aliphatic hydroxyl groups excluding tert-OH is 1. The van der Waals surface area contributed by atoms with Gasteiger partial charge in [-0.05, 0) is 29.5 Å². The average Bonchev–Trinajstić information content (AvgIpc) is 2.64. The molecule has 4 rings (SSSR count). The van der Waals surface area contributed by atoms with Crippen molar-refractivity contribution in [2.24, 2.45) is 5.41 Å². The fourth-order valence-electron chi connectivity index (χ4n) is 4.64. The Bertz CT molecular complexity index is 1100. The Labute approximate surface area is 166 Å². The van der Waals surface area contributed by atoms with Gasteiger partial charge in [-0.3, -0.25) is 14.4 Å². The smallest absolute Gasteiger partial charge is 0.313 e. The van der Waals surface area contributed by atoms with E-state index in [0.29, 0.717) is 0 Å². The van der Waals surface area contributed by atoms with Crippen molar-refractivity contribution in [3.63, 3.8) is 0 Å². The van der Waals surface area contributed by atoms with Crippen molar-refractivity contribution in [3.05, 3.63) is 57.6 Å². The van der Waals surface area contributed by atoms with Crippen LogP contribution < -0.4 is 0 Å². The predicted molar refractivity (Wildman–Crippen MR) is 101 cm³/mol. The van der Waals surface area contributed by atoms with E-state index in [9.17, 15) is 29.7 Å². The minimum Gasteiger partial charge on any atom is -0.507 e. The van der Waals surface area contributed by atoms with Crippen LogP contribution >= 0.6 is 0 Å². The number of ketones is 2. The molecule has 150 valence electrons. The first-order valence-electron chi connectivity index (χ1n) is 9.17. The molecule has 0 amide bonds. The van der Waals surface area contributed by atoms with E-state index < -0.39 is 40.7 Å². The lowest BCUT2D eigenvalue weighted by Crippen LogP contribution is -2.37. The fourth-order valence-corrected chi connectivity index (χ4v) is 4.64. The number of ether oxygens (including phenoxy) is 1. The number of fused-ring (bicyclic) bond motifs is 3. The number of aliphatic hydroxyl groups is 1. The zero-order chi connectivity index (χ0) is 21.2. The van der Waals surface area contributed by atoms with Gasteiger partial charge in [-0.2, -0.15) is 0 Å². The van der Waals surface area contributed by atoms with Crippen LogP contribution in [0.4, 0.5) is 0 Å². The van der Waals surface area contributed by atoms with E-state index in [-0.39, 0.29) is 45.6 Å². The molecule has 7 heteroatoms. The summed E-state index contributed by atoms with van der Waals surface area (Å²) in [4.78, 5) is 38.7. The number of phenolic OH excluding ortho intramolecular Hbond substituents is 2. The third-order valence-corrected chi connectivity index (χ3v) is 5.94. The second-order valence-corrected chi connectivity index (χ2v) is 8.17. The largest absolute Gasteiger partial charge is 0.507 e. The van der Waals surface area contributed by atoms with Crippen molar-refractivity contribution < 1.29 is 34.4 Å². The number of rotatable bonds is 1. The molecule has 29 heavy (non-hydrogen) atoms. The summed E-state index contributed by atoms with van der Waals surface area (Å²) in [6, 6.07) is 5.55. The third kappa shape index (κ3) is 2.50. The maximum absolute atomic E-state index is 13.1. The monoisotopic (exact) mass is 396 g/mol. The number of phenols is 2. The highest BCUT2D eigenvalue weighted by molar-refractivity contribution is 6.30. The Hall–Kier alpha value is -3.19. The number of esters is 1. The van der Waals surface area contributed by atoms with Crippen LogP contribution in [0.25, 0.3) is 0 Å². The SMILES string of the molecule is COC(=O)[C@@H]1c2cc3c(c(O)c2[C@@H](O)CC1(C)C)C(=O)c1c(O)cccc1C3=O. The predicted octanol–water partition coefficient (Wildman–Crippen LogP) is 2.59. The lowest BCUT2D eigenvalue weighted by atomic mass is 9.63. The summed E-state index contributed by atoms with van der Waals surface area (Å²) in [5.41, 5.74) is -0.909. The van der Waals surface area contributed by atoms with Gasteiger partial charge < -0.3 is 20.1 Å². The van der Waals surface area contributed by atoms with E-state index in [0.717, 1.165) is 0 Å². The van der Waals surface area contributed by atoms with Crippen LogP contribution in [0.2, 0.25) is 0 Å². The van der Waals surface area contributed by atoms with Crippen LogP contribution in [0.3, 0.4) is 0 Å². The molecule has 2 aromatic carbocycles. The Kier molecular flexibility index (Phi) is 4.06. The summed E-state index contributed by atoms with van der Waals surface area (Å²) < 4.78 is 4.93. The van der Waals surface area contributed by atoms with E-state index in [2.05, 4.69) is 0 Å². The number of carbonyl (C=O) groups excluding carboxylic acids is 3. The van der Waals surface area contributed by atoms with Gasteiger partial charge in [-0.25, -0.2) is 0 Å². The van der Waals surface area contributed by atoms with Crippen LogP contribution in [0, 0.1) is 5.41 Å². The van der Waals surface area contributed by atoms with Crippen LogP contribution in [0.1, 0.15) is 75.3 Å². The van der Waals surface area contributed by atoms with Crippen molar-refractivity contribution in [1.29, 1.82) is 0 Å². The molecule has 0 radical (unpaired) electrons. The number of carbonyl (C=O) groups is 3. The summed E-state index contributed by atoms with van der Waals surface area (Å²) in [6.45, 7) is 3.58. The molecule has 0 bridgehead atoms. The van der Waals surface area contributed by atoms with Gasteiger partial charge in [0, 0.05) is 16.7 Å². The molecular formula is C22H20O7. The highest BCUT2D eigenvalue weighted by Crippen LogP contribution is 2.54. The second kappa shape index (κ2) is 6.15. The second-order valence-electron chi connectivity index (χ2n) is 8.17. The van der Waals surface area contributed by atoms with E-state index in [4.69, 9.17) is 4.74 Å². The maximum Gasteiger partial charge on any atom is 0.313 e. The van der Waals surface area contributed by atoms with Crippen LogP contribution in [0.5, 0.6) is 11.5 Å². The first kappa shape index (κ1) is 19.1. The van der Waals surface area contributed by atoms with Crippen LogP contribution in [0.15, 0.2) is 24.3 Å². The van der Waals surface area contributed by atoms with Crippen molar-refractivity contribution in [2.45, 2.75) is 32.3 Å². The lowest BCUT2D eigenvalue weighted by molar-refractivity contribution is -0.146.